The van der Waals surface area contributed by atoms with Crippen LogP contribution in [0.15, 0.2) is 48.5 Å². The van der Waals surface area contributed by atoms with Crippen molar-refractivity contribution in [3.8, 4) is 0 Å². The van der Waals surface area contributed by atoms with Crippen LogP contribution in [0, 0.1) is 0 Å². The fourth-order valence-electron chi connectivity index (χ4n) is 1.88. The highest BCUT2D eigenvalue weighted by molar-refractivity contribution is 5.87. The Kier molecular flexibility index (Phi) is 3.71. The van der Waals surface area contributed by atoms with Crippen molar-refractivity contribution in [2.75, 3.05) is 17.7 Å². The molecule has 0 unspecified atom stereocenters. The van der Waals surface area contributed by atoms with E-state index in [0.717, 1.165) is 16.9 Å². The molecule has 0 radical (unpaired) electrons. The maximum absolute atomic E-state index is 10.8. The van der Waals surface area contributed by atoms with Crippen molar-refractivity contribution in [1.82, 2.24) is 0 Å². The third-order valence-corrected chi connectivity index (χ3v) is 2.93. The number of hydrogen-bond donors (Lipinski definition) is 2. The highest BCUT2D eigenvalue weighted by Crippen LogP contribution is 2.18. The first-order valence-electron chi connectivity index (χ1n) is 5.95. The summed E-state index contributed by atoms with van der Waals surface area (Å²) in [5.74, 6) is -0.907. The van der Waals surface area contributed by atoms with Crippen molar-refractivity contribution in [2.24, 2.45) is 0 Å². The molecule has 0 saturated heterocycles. The van der Waals surface area contributed by atoms with Gasteiger partial charge in [0.2, 0.25) is 0 Å². The second kappa shape index (κ2) is 5.44. The number of carboxylic acids is 1. The maximum Gasteiger partial charge on any atom is 0.335 e. The summed E-state index contributed by atoms with van der Waals surface area (Å²) in [4.78, 5) is 12.8. The van der Waals surface area contributed by atoms with Crippen LogP contribution in [0.25, 0.3) is 0 Å². The molecular formula is C15H16N2O2. The van der Waals surface area contributed by atoms with E-state index in [0.29, 0.717) is 12.1 Å². The van der Waals surface area contributed by atoms with Crippen molar-refractivity contribution in [3.63, 3.8) is 0 Å². The van der Waals surface area contributed by atoms with Gasteiger partial charge in [-0.15, -0.1) is 0 Å². The molecular weight excluding hydrogens is 240 g/mol. The number of carboxylic acid groups (broad SMARTS) is 1. The van der Waals surface area contributed by atoms with Gasteiger partial charge in [0.05, 0.1) is 5.56 Å². The standard InChI is InChI=1S/C15H16N2O2/c1-17(14-4-2-3-13(16)9-14)10-11-5-7-12(8-6-11)15(18)19/h2-9H,10,16H2,1H3,(H,18,19). The lowest BCUT2D eigenvalue weighted by Gasteiger charge is -2.19. The molecule has 0 aliphatic rings. The Morgan fingerprint density at radius 3 is 2.47 bits per heavy atom. The summed E-state index contributed by atoms with van der Waals surface area (Å²) in [6, 6.07) is 14.5. The second-order valence-electron chi connectivity index (χ2n) is 4.45. The lowest BCUT2D eigenvalue weighted by atomic mass is 10.1. The van der Waals surface area contributed by atoms with E-state index in [1.54, 1.807) is 12.1 Å². The number of rotatable bonds is 4. The maximum atomic E-state index is 10.8. The molecule has 0 spiro atoms. The van der Waals surface area contributed by atoms with Crippen LogP contribution in [-0.2, 0) is 6.54 Å². The zero-order valence-corrected chi connectivity index (χ0v) is 10.7. The zero-order valence-electron chi connectivity index (χ0n) is 10.7. The number of benzene rings is 2. The van der Waals surface area contributed by atoms with Crippen molar-refractivity contribution in [1.29, 1.82) is 0 Å². The molecule has 3 N–H and O–H groups in total. The van der Waals surface area contributed by atoms with E-state index < -0.39 is 5.97 Å². The van der Waals surface area contributed by atoms with Crippen molar-refractivity contribution >= 4 is 17.3 Å². The number of nitrogens with two attached hydrogens (primary N) is 1. The molecule has 2 aromatic carbocycles. The van der Waals surface area contributed by atoms with Crippen LogP contribution in [0.5, 0.6) is 0 Å². The Balaban J connectivity index is 2.10. The van der Waals surface area contributed by atoms with E-state index in [4.69, 9.17) is 10.8 Å². The van der Waals surface area contributed by atoms with Gasteiger partial charge < -0.3 is 15.7 Å². The summed E-state index contributed by atoms with van der Waals surface area (Å²) in [6.45, 7) is 0.698. The van der Waals surface area contributed by atoms with E-state index in [-0.39, 0.29) is 0 Å². The molecule has 0 heterocycles. The second-order valence-corrected chi connectivity index (χ2v) is 4.45. The fraction of sp³-hybridized carbons (Fsp3) is 0.133. The van der Waals surface area contributed by atoms with Crippen molar-refractivity contribution in [2.45, 2.75) is 6.54 Å². The molecule has 4 nitrogen and oxygen atoms in total. The molecule has 0 saturated carbocycles. The number of hydrogen-bond acceptors (Lipinski definition) is 3. The first-order valence-corrected chi connectivity index (χ1v) is 5.95. The Hall–Kier alpha value is -2.49. The van der Waals surface area contributed by atoms with Gasteiger partial charge in [-0.3, -0.25) is 0 Å². The molecule has 0 fully saturated rings. The number of nitrogen functional groups attached to an aromatic ring is 1. The molecule has 0 aromatic heterocycles. The van der Waals surface area contributed by atoms with Crippen LogP contribution >= 0.6 is 0 Å². The van der Waals surface area contributed by atoms with Crippen LogP contribution in [0.3, 0.4) is 0 Å². The molecule has 2 aromatic rings. The summed E-state index contributed by atoms with van der Waals surface area (Å²) in [5, 5.41) is 8.84. The van der Waals surface area contributed by atoms with Gasteiger partial charge in [0.25, 0.3) is 0 Å². The first kappa shape index (κ1) is 13.0. The number of nitrogens with zero attached hydrogens (tertiary/aromatic N) is 1. The SMILES string of the molecule is CN(Cc1ccc(C(=O)O)cc1)c1cccc(N)c1. The van der Waals surface area contributed by atoms with Crippen LogP contribution in [0.4, 0.5) is 11.4 Å². The van der Waals surface area contributed by atoms with E-state index in [9.17, 15) is 4.79 Å². The lowest BCUT2D eigenvalue weighted by molar-refractivity contribution is 0.0697. The largest absolute Gasteiger partial charge is 0.478 e. The monoisotopic (exact) mass is 256 g/mol. The van der Waals surface area contributed by atoms with Gasteiger partial charge in [0, 0.05) is 25.0 Å². The summed E-state index contributed by atoms with van der Waals surface area (Å²) < 4.78 is 0. The minimum absolute atomic E-state index is 0.301. The van der Waals surface area contributed by atoms with Crippen LogP contribution in [0.2, 0.25) is 0 Å². The molecule has 0 bridgehead atoms. The van der Waals surface area contributed by atoms with Gasteiger partial charge in [-0.2, -0.15) is 0 Å². The Morgan fingerprint density at radius 1 is 1.21 bits per heavy atom. The summed E-state index contributed by atoms with van der Waals surface area (Å²) in [5.41, 5.74) is 8.86. The number of anilines is 2. The lowest BCUT2D eigenvalue weighted by Crippen LogP contribution is -2.16. The molecule has 19 heavy (non-hydrogen) atoms. The topological polar surface area (TPSA) is 66.6 Å². The normalized spacial score (nSPS) is 10.2. The van der Waals surface area contributed by atoms with E-state index in [1.165, 1.54) is 0 Å². The molecule has 2 rings (SSSR count). The first-order chi connectivity index (χ1) is 9.06. The Bertz CT molecular complexity index is 579. The van der Waals surface area contributed by atoms with Crippen LogP contribution in [0.1, 0.15) is 15.9 Å². The van der Waals surface area contributed by atoms with Gasteiger partial charge >= 0.3 is 5.97 Å². The zero-order chi connectivity index (χ0) is 13.8. The minimum Gasteiger partial charge on any atom is -0.478 e. The smallest absolute Gasteiger partial charge is 0.335 e. The van der Waals surface area contributed by atoms with Gasteiger partial charge in [-0.05, 0) is 35.9 Å². The highest BCUT2D eigenvalue weighted by atomic mass is 16.4. The quantitative estimate of drug-likeness (QED) is 0.825. The predicted octanol–water partition coefficient (Wildman–Crippen LogP) is 2.60. The summed E-state index contributed by atoms with van der Waals surface area (Å²) >= 11 is 0. The molecule has 0 aliphatic heterocycles. The van der Waals surface area contributed by atoms with E-state index >= 15 is 0 Å². The van der Waals surface area contributed by atoms with Gasteiger partial charge in [0.15, 0.2) is 0 Å². The van der Waals surface area contributed by atoms with Gasteiger partial charge in [0.1, 0.15) is 0 Å². The Morgan fingerprint density at radius 2 is 1.89 bits per heavy atom. The van der Waals surface area contributed by atoms with Gasteiger partial charge in [-0.25, -0.2) is 4.79 Å². The van der Waals surface area contributed by atoms with Crippen molar-refractivity contribution < 1.29 is 9.90 Å². The predicted molar refractivity (Wildman–Crippen MR) is 76.4 cm³/mol. The average molecular weight is 256 g/mol. The molecule has 0 amide bonds. The van der Waals surface area contributed by atoms with E-state index in [2.05, 4.69) is 4.90 Å². The van der Waals surface area contributed by atoms with Crippen LogP contribution in [-0.4, -0.2) is 18.1 Å². The minimum atomic E-state index is -0.907. The molecule has 4 heteroatoms. The summed E-state index contributed by atoms with van der Waals surface area (Å²) in [6.07, 6.45) is 0. The summed E-state index contributed by atoms with van der Waals surface area (Å²) in [7, 11) is 1.97. The molecule has 98 valence electrons. The van der Waals surface area contributed by atoms with Crippen LogP contribution < -0.4 is 10.6 Å². The third-order valence-electron chi connectivity index (χ3n) is 2.93. The third kappa shape index (κ3) is 3.25. The number of carbonyl (C=O) groups is 1. The molecule has 0 aliphatic carbocycles. The van der Waals surface area contributed by atoms with Crippen molar-refractivity contribution in [3.05, 3.63) is 59.7 Å². The average Bonchev–Trinajstić information content (AvgIpc) is 2.39. The highest BCUT2D eigenvalue weighted by Gasteiger charge is 2.05. The van der Waals surface area contributed by atoms with E-state index in [1.807, 2.05) is 43.4 Å². The fourth-order valence-corrected chi connectivity index (χ4v) is 1.88. The number of aromatic carboxylic acids is 1. The Labute approximate surface area is 112 Å². The molecule has 0 atom stereocenters. The van der Waals surface area contributed by atoms with Gasteiger partial charge in [-0.1, -0.05) is 18.2 Å².